The van der Waals surface area contributed by atoms with Gasteiger partial charge in [-0.25, -0.2) is 4.98 Å². The number of nitrogens with zero attached hydrogens (tertiary/aromatic N) is 1. The summed E-state index contributed by atoms with van der Waals surface area (Å²) < 4.78 is 0. The lowest BCUT2D eigenvalue weighted by atomic mass is 10.4. The number of imidazole rings is 1. The molecule has 13 heavy (non-hydrogen) atoms. The van der Waals surface area contributed by atoms with Crippen LogP contribution >= 0.6 is 0 Å². The number of carbonyl (C=O) groups excluding carboxylic acids is 1. The van der Waals surface area contributed by atoms with E-state index < -0.39 is 0 Å². The Bertz CT molecular complexity index is 245. The summed E-state index contributed by atoms with van der Waals surface area (Å²) in [5.74, 6) is 0.0158. The van der Waals surface area contributed by atoms with Gasteiger partial charge in [0.25, 0.3) is 0 Å². The van der Waals surface area contributed by atoms with Crippen LogP contribution in [0.15, 0.2) is 12.5 Å². The summed E-state index contributed by atoms with van der Waals surface area (Å²) in [6.07, 6.45) is 3.34. The van der Waals surface area contributed by atoms with Crippen molar-refractivity contribution in [3.63, 3.8) is 0 Å². The molecule has 0 aromatic carbocycles. The molecule has 0 radical (unpaired) electrons. The summed E-state index contributed by atoms with van der Waals surface area (Å²) in [6, 6.07) is 0. The Morgan fingerprint density at radius 1 is 1.69 bits per heavy atom. The van der Waals surface area contributed by atoms with E-state index in [1.165, 1.54) is 0 Å². The number of hydrogen-bond acceptors (Lipinski definition) is 3. The number of aromatic amines is 1. The van der Waals surface area contributed by atoms with E-state index >= 15 is 0 Å². The average Bonchev–Trinajstić information content (AvgIpc) is 2.57. The zero-order valence-electron chi connectivity index (χ0n) is 7.63. The Morgan fingerprint density at radius 3 is 3.15 bits per heavy atom. The van der Waals surface area contributed by atoms with Crippen LogP contribution in [0.4, 0.5) is 0 Å². The van der Waals surface area contributed by atoms with Crippen LogP contribution in [0.1, 0.15) is 12.6 Å². The fourth-order valence-corrected chi connectivity index (χ4v) is 0.952. The van der Waals surface area contributed by atoms with Crippen molar-refractivity contribution in [2.24, 2.45) is 0 Å². The Labute approximate surface area is 76.9 Å². The molecule has 3 N–H and O–H groups in total. The van der Waals surface area contributed by atoms with Gasteiger partial charge in [0.2, 0.25) is 5.91 Å². The van der Waals surface area contributed by atoms with Gasteiger partial charge in [-0.15, -0.1) is 0 Å². The Hall–Kier alpha value is -1.36. The molecular weight excluding hydrogens is 168 g/mol. The average molecular weight is 182 g/mol. The summed E-state index contributed by atoms with van der Waals surface area (Å²) in [4.78, 5) is 17.8. The molecule has 5 heteroatoms. The first kappa shape index (κ1) is 9.73. The molecule has 1 aromatic heterocycles. The van der Waals surface area contributed by atoms with Crippen molar-refractivity contribution in [1.82, 2.24) is 20.6 Å². The van der Waals surface area contributed by atoms with Crippen molar-refractivity contribution in [3.8, 4) is 0 Å². The molecule has 5 nitrogen and oxygen atoms in total. The SMILES string of the molecule is CCNC(=O)CNCc1cnc[nH]1. The van der Waals surface area contributed by atoms with Crippen LogP contribution in [0.25, 0.3) is 0 Å². The third-order valence-corrected chi connectivity index (χ3v) is 1.53. The molecule has 1 heterocycles. The normalized spacial score (nSPS) is 9.92. The highest BCUT2D eigenvalue weighted by molar-refractivity contribution is 5.77. The first-order valence-corrected chi connectivity index (χ1v) is 4.27. The zero-order valence-corrected chi connectivity index (χ0v) is 7.63. The first-order chi connectivity index (χ1) is 6.33. The first-order valence-electron chi connectivity index (χ1n) is 4.27. The predicted molar refractivity (Wildman–Crippen MR) is 49.0 cm³/mol. The molecule has 0 fully saturated rings. The Balaban J connectivity index is 2.11. The highest BCUT2D eigenvalue weighted by Gasteiger charge is 1.98. The second-order valence-electron chi connectivity index (χ2n) is 2.63. The zero-order chi connectivity index (χ0) is 9.52. The third kappa shape index (κ3) is 3.71. The lowest BCUT2D eigenvalue weighted by Gasteiger charge is -2.02. The molecule has 0 aliphatic heterocycles. The van der Waals surface area contributed by atoms with E-state index in [0.29, 0.717) is 19.6 Å². The van der Waals surface area contributed by atoms with E-state index in [2.05, 4.69) is 20.6 Å². The highest BCUT2D eigenvalue weighted by Crippen LogP contribution is 1.87. The van der Waals surface area contributed by atoms with Crippen molar-refractivity contribution in [2.75, 3.05) is 13.1 Å². The fourth-order valence-electron chi connectivity index (χ4n) is 0.952. The van der Waals surface area contributed by atoms with Crippen LogP contribution in [-0.2, 0) is 11.3 Å². The number of carbonyl (C=O) groups is 1. The van der Waals surface area contributed by atoms with Crippen molar-refractivity contribution in [3.05, 3.63) is 18.2 Å². The van der Waals surface area contributed by atoms with E-state index in [1.54, 1.807) is 12.5 Å². The van der Waals surface area contributed by atoms with Gasteiger partial charge in [0.05, 0.1) is 12.9 Å². The fraction of sp³-hybridized carbons (Fsp3) is 0.500. The van der Waals surface area contributed by atoms with E-state index in [0.717, 1.165) is 5.69 Å². The molecule has 72 valence electrons. The lowest BCUT2D eigenvalue weighted by Crippen LogP contribution is -2.33. The molecule has 1 amide bonds. The second-order valence-corrected chi connectivity index (χ2v) is 2.63. The van der Waals surface area contributed by atoms with Gasteiger partial charge in [-0.05, 0) is 6.92 Å². The van der Waals surface area contributed by atoms with E-state index in [4.69, 9.17) is 0 Å². The van der Waals surface area contributed by atoms with Crippen LogP contribution in [0.5, 0.6) is 0 Å². The summed E-state index contributed by atoms with van der Waals surface area (Å²) in [5.41, 5.74) is 0.976. The third-order valence-electron chi connectivity index (χ3n) is 1.53. The quantitative estimate of drug-likeness (QED) is 0.582. The minimum absolute atomic E-state index is 0.0158. The van der Waals surface area contributed by atoms with Gasteiger partial charge in [-0.2, -0.15) is 0 Å². The Morgan fingerprint density at radius 2 is 2.54 bits per heavy atom. The molecule has 0 saturated carbocycles. The molecule has 0 aliphatic carbocycles. The number of H-pyrrole nitrogens is 1. The van der Waals surface area contributed by atoms with Gasteiger partial charge in [0, 0.05) is 25.0 Å². The Kier molecular flexibility index (Phi) is 3.98. The molecule has 0 unspecified atom stereocenters. The number of hydrogen-bond donors (Lipinski definition) is 3. The minimum atomic E-state index is 0.0158. The van der Waals surface area contributed by atoms with Crippen LogP contribution in [0, 0.1) is 0 Å². The topological polar surface area (TPSA) is 69.8 Å². The number of likely N-dealkylation sites (N-methyl/N-ethyl adjacent to an activating group) is 1. The number of amides is 1. The largest absolute Gasteiger partial charge is 0.355 e. The van der Waals surface area contributed by atoms with Crippen LogP contribution in [-0.4, -0.2) is 29.0 Å². The maximum atomic E-state index is 11.0. The van der Waals surface area contributed by atoms with E-state index in [-0.39, 0.29) is 5.91 Å². The summed E-state index contributed by atoms with van der Waals surface area (Å²) in [6.45, 7) is 3.54. The van der Waals surface area contributed by atoms with Gasteiger partial charge in [0.15, 0.2) is 0 Å². The van der Waals surface area contributed by atoms with Gasteiger partial charge >= 0.3 is 0 Å². The smallest absolute Gasteiger partial charge is 0.233 e. The minimum Gasteiger partial charge on any atom is -0.355 e. The van der Waals surface area contributed by atoms with Crippen molar-refractivity contribution in [1.29, 1.82) is 0 Å². The molecule has 1 aromatic rings. The van der Waals surface area contributed by atoms with Crippen LogP contribution in [0.3, 0.4) is 0 Å². The highest BCUT2D eigenvalue weighted by atomic mass is 16.1. The van der Waals surface area contributed by atoms with Gasteiger partial charge < -0.3 is 15.6 Å². The van der Waals surface area contributed by atoms with Crippen LogP contribution in [0.2, 0.25) is 0 Å². The molecule has 0 aliphatic rings. The van der Waals surface area contributed by atoms with E-state index in [9.17, 15) is 4.79 Å². The molecule has 1 rings (SSSR count). The molecule has 0 spiro atoms. The summed E-state index contributed by atoms with van der Waals surface area (Å²) in [5, 5.41) is 5.69. The summed E-state index contributed by atoms with van der Waals surface area (Å²) in [7, 11) is 0. The maximum Gasteiger partial charge on any atom is 0.233 e. The van der Waals surface area contributed by atoms with Crippen molar-refractivity contribution < 1.29 is 4.79 Å². The molecular formula is C8H14N4O. The van der Waals surface area contributed by atoms with Crippen molar-refractivity contribution in [2.45, 2.75) is 13.5 Å². The van der Waals surface area contributed by atoms with Gasteiger partial charge in [-0.1, -0.05) is 0 Å². The summed E-state index contributed by atoms with van der Waals surface area (Å²) >= 11 is 0. The standard InChI is InChI=1S/C8H14N4O/c1-2-11-8(13)5-9-3-7-4-10-6-12-7/h4,6,9H,2-3,5H2,1H3,(H,10,12)(H,11,13). The maximum absolute atomic E-state index is 11.0. The van der Waals surface area contributed by atoms with Gasteiger partial charge in [-0.3, -0.25) is 4.79 Å². The number of aromatic nitrogens is 2. The monoisotopic (exact) mass is 182 g/mol. The van der Waals surface area contributed by atoms with Crippen molar-refractivity contribution >= 4 is 5.91 Å². The second kappa shape index (κ2) is 5.31. The van der Waals surface area contributed by atoms with E-state index in [1.807, 2.05) is 6.92 Å². The van der Waals surface area contributed by atoms with Gasteiger partial charge in [0.1, 0.15) is 0 Å². The lowest BCUT2D eigenvalue weighted by molar-refractivity contribution is -0.120. The number of nitrogens with one attached hydrogen (secondary N) is 3. The predicted octanol–water partition coefficient (Wildman–Crippen LogP) is -0.365. The number of rotatable bonds is 5. The molecule has 0 saturated heterocycles. The molecule has 0 bridgehead atoms. The van der Waals surface area contributed by atoms with Crippen LogP contribution < -0.4 is 10.6 Å². The molecule has 0 atom stereocenters.